The second-order valence-corrected chi connectivity index (χ2v) is 5.71. The average Bonchev–Trinajstić information content (AvgIpc) is 2.98. The smallest absolute Gasteiger partial charge is 0.234 e. The van der Waals surface area contributed by atoms with Crippen molar-refractivity contribution in [2.24, 2.45) is 0 Å². The number of H-pyrrole nitrogens is 1. The van der Waals surface area contributed by atoms with Crippen LogP contribution in [0.4, 0.5) is 0 Å². The topological polar surface area (TPSA) is 66.6 Å². The van der Waals surface area contributed by atoms with E-state index >= 15 is 0 Å². The SMILES string of the molecule is COc1ccc2[nH]cc(CCNC(=O)CN3CCOCC3)c2c1. The van der Waals surface area contributed by atoms with Gasteiger partial charge >= 0.3 is 0 Å². The van der Waals surface area contributed by atoms with Crippen LogP contribution in [0.15, 0.2) is 24.4 Å². The van der Waals surface area contributed by atoms with Gasteiger partial charge in [-0.3, -0.25) is 9.69 Å². The monoisotopic (exact) mass is 317 g/mol. The molecule has 1 saturated heterocycles. The number of fused-ring (bicyclic) bond motifs is 1. The summed E-state index contributed by atoms with van der Waals surface area (Å²) in [5.41, 5.74) is 2.27. The quantitative estimate of drug-likeness (QED) is 0.839. The number of rotatable bonds is 6. The van der Waals surface area contributed by atoms with Crippen molar-refractivity contribution in [2.75, 3.05) is 46.5 Å². The molecule has 0 saturated carbocycles. The Labute approximate surface area is 135 Å². The summed E-state index contributed by atoms with van der Waals surface area (Å²) in [5.74, 6) is 0.916. The zero-order valence-corrected chi connectivity index (χ0v) is 13.4. The average molecular weight is 317 g/mol. The summed E-state index contributed by atoms with van der Waals surface area (Å²) in [5, 5.41) is 4.14. The largest absolute Gasteiger partial charge is 0.497 e. The molecule has 6 heteroatoms. The highest BCUT2D eigenvalue weighted by atomic mass is 16.5. The lowest BCUT2D eigenvalue weighted by molar-refractivity contribution is -0.123. The van der Waals surface area contributed by atoms with Crippen molar-refractivity contribution in [3.63, 3.8) is 0 Å². The number of aromatic amines is 1. The van der Waals surface area contributed by atoms with E-state index in [1.807, 2.05) is 24.4 Å². The molecule has 0 unspecified atom stereocenters. The van der Waals surface area contributed by atoms with Gasteiger partial charge in [0.25, 0.3) is 0 Å². The van der Waals surface area contributed by atoms with Gasteiger partial charge in [0.1, 0.15) is 5.75 Å². The van der Waals surface area contributed by atoms with E-state index in [9.17, 15) is 4.79 Å². The molecule has 1 aromatic heterocycles. The molecule has 2 heterocycles. The van der Waals surface area contributed by atoms with Crippen LogP contribution in [-0.4, -0.2) is 62.3 Å². The van der Waals surface area contributed by atoms with E-state index in [1.54, 1.807) is 7.11 Å². The van der Waals surface area contributed by atoms with Gasteiger partial charge in [-0.15, -0.1) is 0 Å². The maximum Gasteiger partial charge on any atom is 0.234 e. The van der Waals surface area contributed by atoms with Crippen LogP contribution in [0.1, 0.15) is 5.56 Å². The Morgan fingerprint density at radius 1 is 1.39 bits per heavy atom. The molecule has 0 radical (unpaired) electrons. The number of hydrogen-bond donors (Lipinski definition) is 2. The van der Waals surface area contributed by atoms with Crippen LogP contribution in [-0.2, 0) is 16.0 Å². The van der Waals surface area contributed by atoms with Crippen LogP contribution in [0, 0.1) is 0 Å². The van der Waals surface area contributed by atoms with Gasteiger partial charge in [-0.05, 0) is 30.2 Å². The number of nitrogens with one attached hydrogen (secondary N) is 2. The molecule has 1 fully saturated rings. The highest BCUT2D eigenvalue weighted by Gasteiger charge is 2.14. The summed E-state index contributed by atoms with van der Waals surface area (Å²) in [6, 6.07) is 5.97. The summed E-state index contributed by atoms with van der Waals surface area (Å²) in [6.45, 7) is 4.17. The van der Waals surface area contributed by atoms with Crippen molar-refractivity contribution >= 4 is 16.8 Å². The number of aromatic nitrogens is 1. The zero-order valence-electron chi connectivity index (χ0n) is 13.4. The summed E-state index contributed by atoms with van der Waals surface area (Å²) < 4.78 is 10.6. The number of benzene rings is 1. The number of hydrogen-bond acceptors (Lipinski definition) is 4. The second kappa shape index (κ2) is 7.48. The highest BCUT2D eigenvalue weighted by Crippen LogP contribution is 2.23. The third-order valence-corrected chi connectivity index (χ3v) is 4.16. The first kappa shape index (κ1) is 15.8. The number of methoxy groups -OCH3 is 1. The number of carbonyl (C=O) groups is 1. The van der Waals surface area contributed by atoms with E-state index in [2.05, 4.69) is 15.2 Å². The summed E-state index contributed by atoms with van der Waals surface area (Å²) >= 11 is 0. The summed E-state index contributed by atoms with van der Waals surface area (Å²) in [7, 11) is 1.67. The summed E-state index contributed by atoms with van der Waals surface area (Å²) in [6.07, 6.45) is 2.79. The fourth-order valence-electron chi connectivity index (χ4n) is 2.85. The fraction of sp³-hybridized carbons (Fsp3) is 0.471. The molecule has 23 heavy (non-hydrogen) atoms. The Morgan fingerprint density at radius 2 is 2.22 bits per heavy atom. The van der Waals surface area contributed by atoms with E-state index in [1.165, 1.54) is 5.56 Å². The maximum absolute atomic E-state index is 12.0. The van der Waals surface area contributed by atoms with Crippen LogP contribution in [0.2, 0.25) is 0 Å². The molecule has 0 atom stereocenters. The number of nitrogens with zero attached hydrogens (tertiary/aromatic N) is 1. The molecule has 3 rings (SSSR count). The Hall–Kier alpha value is -2.05. The van der Waals surface area contributed by atoms with Gasteiger partial charge in [0.15, 0.2) is 0 Å². The molecule has 1 aromatic carbocycles. The molecular weight excluding hydrogens is 294 g/mol. The molecule has 2 aromatic rings. The van der Waals surface area contributed by atoms with Gasteiger partial charge in [-0.25, -0.2) is 0 Å². The van der Waals surface area contributed by atoms with Crippen molar-refractivity contribution < 1.29 is 14.3 Å². The van der Waals surface area contributed by atoms with Gasteiger partial charge in [0.05, 0.1) is 26.9 Å². The second-order valence-electron chi connectivity index (χ2n) is 5.71. The van der Waals surface area contributed by atoms with Crippen molar-refractivity contribution in [3.8, 4) is 5.75 Å². The van der Waals surface area contributed by atoms with E-state index < -0.39 is 0 Å². The van der Waals surface area contributed by atoms with Crippen molar-refractivity contribution in [3.05, 3.63) is 30.0 Å². The minimum Gasteiger partial charge on any atom is -0.497 e. The van der Waals surface area contributed by atoms with Crippen LogP contribution < -0.4 is 10.1 Å². The van der Waals surface area contributed by atoms with E-state index in [0.29, 0.717) is 26.3 Å². The molecule has 6 nitrogen and oxygen atoms in total. The van der Waals surface area contributed by atoms with Gasteiger partial charge in [0.2, 0.25) is 5.91 Å². The molecule has 1 aliphatic rings. The fourth-order valence-corrected chi connectivity index (χ4v) is 2.85. The van der Waals surface area contributed by atoms with Crippen LogP contribution in [0.3, 0.4) is 0 Å². The van der Waals surface area contributed by atoms with Gasteiger partial charge in [-0.2, -0.15) is 0 Å². The lowest BCUT2D eigenvalue weighted by atomic mass is 10.1. The van der Waals surface area contributed by atoms with Crippen LogP contribution >= 0.6 is 0 Å². The number of ether oxygens (including phenoxy) is 2. The Bertz CT molecular complexity index is 662. The van der Waals surface area contributed by atoms with E-state index in [0.717, 1.165) is 36.2 Å². The minimum atomic E-state index is 0.0734. The van der Waals surface area contributed by atoms with Crippen molar-refractivity contribution in [1.82, 2.24) is 15.2 Å². The van der Waals surface area contributed by atoms with E-state index in [-0.39, 0.29) is 5.91 Å². The minimum absolute atomic E-state index is 0.0734. The Balaban J connectivity index is 1.51. The van der Waals surface area contributed by atoms with Crippen molar-refractivity contribution in [2.45, 2.75) is 6.42 Å². The van der Waals surface area contributed by atoms with Crippen LogP contribution in [0.25, 0.3) is 10.9 Å². The maximum atomic E-state index is 12.0. The Kier molecular flexibility index (Phi) is 5.15. The predicted molar refractivity (Wildman–Crippen MR) is 88.8 cm³/mol. The number of amides is 1. The molecule has 2 N–H and O–H groups in total. The van der Waals surface area contributed by atoms with Gasteiger partial charge < -0.3 is 19.8 Å². The lowest BCUT2D eigenvalue weighted by Crippen LogP contribution is -2.43. The molecule has 124 valence electrons. The normalized spacial score (nSPS) is 15.7. The number of morpholine rings is 1. The Morgan fingerprint density at radius 3 is 3.00 bits per heavy atom. The molecule has 0 aliphatic carbocycles. The predicted octanol–water partition coefficient (Wildman–Crippen LogP) is 1.17. The molecule has 0 spiro atoms. The molecular formula is C17H23N3O3. The lowest BCUT2D eigenvalue weighted by Gasteiger charge is -2.25. The van der Waals surface area contributed by atoms with Gasteiger partial charge in [0, 0.05) is 36.7 Å². The highest BCUT2D eigenvalue weighted by molar-refractivity contribution is 5.84. The molecule has 1 amide bonds. The third kappa shape index (κ3) is 4.03. The van der Waals surface area contributed by atoms with Crippen molar-refractivity contribution in [1.29, 1.82) is 0 Å². The molecule has 0 bridgehead atoms. The first-order valence-corrected chi connectivity index (χ1v) is 7.97. The standard InChI is InChI=1S/C17H23N3O3/c1-22-14-2-3-16-15(10-14)13(11-19-16)4-5-18-17(21)12-20-6-8-23-9-7-20/h2-3,10-11,19H,4-9,12H2,1H3,(H,18,21). The third-order valence-electron chi connectivity index (χ3n) is 4.16. The van der Waals surface area contributed by atoms with E-state index in [4.69, 9.17) is 9.47 Å². The summed E-state index contributed by atoms with van der Waals surface area (Å²) in [4.78, 5) is 17.4. The zero-order chi connectivity index (χ0) is 16.1. The van der Waals surface area contributed by atoms with Crippen LogP contribution in [0.5, 0.6) is 5.75 Å². The first-order valence-electron chi connectivity index (χ1n) is 7.97. The first-order chi connectivity index (χ1) is 11.3. The number of carbonyl (C=O) groups excluding carboxylic acids is 1. The van der Waals surface area contributed by atoms with Gasteiger partial charge in [-0.1, -0.05) is 0 Å². The molecule has 1 aliphatic heterocycles.